The quantitative estimate of drug-likeness (QED) is 0.371. The molecule has 4 aromatic rings. The van der Waals surface area contributed by atoms with Crippen LogP contribution in [0.3, 0.4) is 0 Å². The molecule has 1 amide bonds. The first-order valence-corrected chi connectivity index (χ1v) is 10.8. The zero-order chi connectivity index (χ0) is 23.0. The van der Waals surface area contributed by atoms with Crippen LogP contribution < -0.4 is 5.32 Å². The molecule has 0 spiro atoms. The van der Waals surface area contributed by atoms with E-state index < -0.39 is 12.0 Å². The third-order valence-corrected chi connectivity index (χ3v) is 5.43. The van der Waals surface area contributed by atoms with Crippen LogP contribution in [0, 0.1) is 0 Å². The van der Waals surface area contributed by atoms with Gasteiger partial charge in [0.25, 0.3) is 5.91 Å². The molecule has 0 bridgehead atoms. The molecule has 166 valence electrons. The summed E-state index contributed by atoms with van der Waals surface area (Å²) in [6, 6.07) is 25.0. The summed E-state index contributed by atoms with van der Waals surface area (Å²) in [5.74, 6) is -0.768. The summed E-state index contributed by atoms with van der Waals surface area (Å²) >= 11 is 6.16. The van der Waals surface area contributed by atoms with Gasteiger partial charge in [0.2, 0.25) is 0 Å². The molecule has 1 aromatic heterocycles. The van der Waals surface area contributed by atoms with Crippen LogP contribution in [-0.2, 0) is 16.1 Å². The molecule has 33 heavy (non-hydrogen) atoms. The standard InChI is InChI=1S/C26H22ClN3O3/c27-23-10-5-4-9-22(23)26(32)29-24(20-7-2-1-3-8-20)17-25(31)33-18-19-11-13-21(14-12-19)30-16-6-15-28-30/h1-16,24H,17-18H2,(H,29,32). The zero-order valence-corrected chi connectivity index (χ0v) is 18.5. The maximum absolute atomic E-state index is 12.8. The Bertz CT molecular complexity index is 1210. The fourth-order valence-corrected chi connectivity index (χ4v) is 3.60. The molecule has 1 heterocycles. The highest BCUT2D eigenvalue weighted by Crippen LogP contribution is 2.21. The summed E-state index contributed by atoms with van der Waals surface area (Å²) in [5.41, 5.74) is 2.93. The summed E-state index contributed by atoms with van der Waals surface area (Å²) in [6.07, 6.45) is 3.56. The molecule has 0 aliphatic heterocycles. The van der Waals surface area contributed by atoms with Crippen LogP contribution in [-0.4, -0.2) is 21.7 Å². The van der Waals surface area contributed by atoms with Crippen LogP contribution in [0.5, 0.6) is 0 Å². The minimum absolute atomic E-state index is 0.00836. The lowest BCUT2D eigenvalue weighted by atomic mass is 10.0. The molecule has 0 aliphatic carbocycles. The van der Waals surface area contributed by atoms with Gasteiger partial charge < -0.3 is 10.1 Å². The van der Waals surface area contributed by atoms with Gasteiger partial charge in [0, 0.05) is 12.4 Å². The zero-order valence-electron chi connectivity index (χ0n) is 17.7. The fraction of sp³-hybridized carbons (Fsp3) is 0.115. The largest absolute Gasteiger partial charge is 0.461 e. The Kier molecular flexibility index (Phi) is 7.17. The van der Waals surface area contributed by atoms with E-state index in [0.29, 0.717) is 10.6 Å². The van der Waals surface area contributed by atoms with Crippen LogP contribution in [0.15, 0.2) is 97.3 Å². The topological polar surface area (TPSA) is 73.2 Å². The maximum atomic E-state index is 12.8. The molecule has 0 radical (unpaired) electrons. The number of hydrogen-bond acceptors (Lipinski definition) is 4. The van der Waals surface area contributed by atoms with E-state index >= 15 is 0 Å². The van der Waals surface area contributed by atoms with E-state index in [1.54, 1.807) is 35.1 Å². The lowest BCUT2D eigenvalue weighted by Crippen LogP contribution is -2.30. The second-order valence-corrected chi connectivity index (χ2v) is 7.81. The molecule has 1 N–H and O–H groups in total. The Morgan fingerprint density at radius 2 is 1.67 bits per heavy atom. The second-order valence-electron chi connectivity index (χ2n) is 7.40. The number of carbonyl (C=O) groups is 2. The van der Waals surface area contributed by atoms with E-state index in [1.165, 1.54) is 0 Å². The Balaban J connectivity index is 1.40. The van der Waals surface area contributed by atoms with Crippen molar-refractivity contribution >= 4 is 23.5 Å². The minimum atomic E-state index is -0.551. The van der Waals surface area contributed by atoms with Crippen molar-refractivity contribution in [3.8, 4) is 5.69 Å². The number of nitrogens with zero attached hydrogens (tertiary/aromatic N) is 2. The van der Waals surface area contributed by atoms with Crippen LogP contribution in [0.4, 0.5) is 0 Å². The summed E-state index contributed by atoms with van der Waals surface area (Å²) in [7, 11) is 0. The highest BCUT2D eigenvalue weighted by molar-refractivity contribution is 6.33. The maximum Gasteiger partial charge on any atom is 0.308 e. The summed E-state index contributed by atoms with van der Waals surface area (Å²) in [5, 5.41) is 7.45. The Hall–Kier alpha value is -3.90. The van der Waals surface area contributed by atoms with Crippen LogP contribution >= 0.6 is 11.6 Å². The van der Waals surface area contributed by atoms with Gasteiger partial charge in [0.1, 0.15) is 6.61 Å². The van der Waals surface area contributed by atoms with Gasteiger partial charge in [0.05, 0.1) is 28.7 Å². The van der Waals surface area contributed by atoms with Crippen molar-refractivity contribution in [3.05, 3.63) is 119 Å². The lowest BCUT2D eigenvalue weighted by molar-refractivity contribution is -0.145. The van der Waals surface area contributed by atoms with Gasteiger partial charge in [-0.25, -0.2) is 4.68 Å². The van der Waals surface area contributed by atoms with E-state index in [9.17, 15) is 9.59 Å². The van der Waals surface area contributed by atoms with Crippen LogP contribution in [0.1, 0.15) is 33.9 Å². The van der Waals surface area contributed by atoms with E-state index in [0.717, 1.165) is 16.8 Å². The SMILES string of the molecule is O=C(CC(NC(=O)c1ccccc1Cl)c1ccccc1)OCc1ccc(-n2cccn2)cc1. The molecule has 6 nitrogen and oxygen atoms in total. The number of hydrogen-bond donors (Lipinski definition) is 1. The minimum Gasteiger partial charge on any atom is -0.461 e. The van der Waals surface area contributed by atoms with Crippen LogP contribution in [0.2, 0.25) is 5.02 Å². The highest BCUT2D eigenvalue weighted by atomic mass is 35.5. The first-order chi connectivity index (χ1) is 16.1. The van der Waals surface area contributed by atoms with Gasteiger partial charge in [-0.1, -0.05) is 66.2 Å². The van der Waals surface area contributed by atoms with Crippen molar-refractivity contribution in [2.45, 2.75) is 19.1 Å². The second kappa shape index (κ2) is 10.6. The number of ether oxygens (including phenoxy) is 1. The molecule has 1 unspecified atom stereocenters. The van der Waals surface area contributed by atoms with E-state index in [1.807, 2.05) is 66.9 Å². The normalized spacial score (nSPS) is 11.5. The van der Waals surface area contributed by atoms with Crippen molar-refractivity contribution in [1.29, 1.82) is 0 Å². The molecule has 0 fully saturated rings. The van der Waals surface area contributed by atoms with E-state index in [4.69, 9.17) is 16.3 Å². The molecular formula is C26H22ClN3O3. The number of halogens is 1. The predicted molar refractivity (Wildman–Crippen MR) is 126 cm³/mol. The summed E-state index contributed by atoms with van der Waals surface area (Å²) < 4.78 is 7.23. The van der Waals surface area contributed by atoms with Gasteiger partial charge in [-0.2, -0.15) is 5.10 Å². The van der Waals surface area contributed by atoms with Gasteiger partial charge >= 0.3 is 5.97 Å². The number of carbonyl (C=O) groups excluding carboxylic acids is 2. The lowest BCUT2D eigenvalue weighted by Gasteiger charge is -2.19. The number of esters is 1. The van der Waals surface area contributed by atoms with Crippen molar-refractivity contribution in [3.63, 3.8) is 0 Å². The Labute approximate surface area is 196 Å². The average molecular weight is 460 g/mol. The molecular weight excluding hydrogens is 438 g/mol. The Morgan fingerprint density at radius 3 is 2.36 bits per heavy atom. The monoisotopic (exact) mass is 459 g/mol. The number of benzene rings is 3. The fourth-order valence-electron chi connectivity index (χ4n) is 3.37. The van der Waals surface area contributed by atoms with Gasteiger partial charge in [0.15, 0.2) is 0 Å². The number of amides is 1. The van der Waals surface area contributed by atoms with Gasteiger partial charge in [-0.3, -0.25) is 9.59 Å². The summed E-state index contributed by atoms with van der Waals surface area (Å²) in [4.78, 5) is 25.4. The van der Waals surface area contributed by atoms with Crippen molar-refractivity contribution < 1.29 is 14.3 Å². The molecule has 3 aromatic carbocycles. The van der Waals surface area contributed by atoms with Crippen molar-refractivity contribution in [2.75, 3.05) is 0 Å². The predicted octanol–water partition coefficient (Wildman–Crippen LogP) is 5.13. The average Bonchev–Trinajstić information content (AvgIpc) is 3.38. The molecule has 4 rings (SSSR count). The number of rotatable bonds is 8. The third kappa shape index (κ3) is 5.87. The first-order valence-electron chi connectivity index (χ1n) is 10.4. The third-order valence-electron chi connectivity index (χ3n) is 5.10. The smallest absolute Gasteiger partial charge is 0.308 e. The van der Waals surface area contributed by atoms with Gasteiger partial charge in [-0.15, -0.1) is 0 Å². The molecule has 0 saturated carbocycles. The first kappa shape index (κ1) is 22.3. The molecule has 7 heteroatoms. The Morgan fingerprint density at radius 1 is 0.939 bits per heavy atom. The molecule has 0 aliphatic rings. The van der Waals surface area contributed by atoms with Crippen molar-refractivity contribution in [2.24, 2.45) is 0 Å². The summed E-state index contributed by atoms with van der Waals surface area (Å²) in [6.45, 7) is 0.137. The number of aromatic nitrogens is 2. The highest BCUT2D eigenvalue weighted by Gasteiger charge is 2.21. The number of nitrogens with one attached hydrogen (secondary N) is 1. The molecule has 0 saturated heterocycles. The van der Waals surface area contributed by atoms with E-state index in [-0.39, 0.29) is 18.9 Å². The van der Waals surface area contributed by atoms with Crippen molar-refractivity contribution in [1.82, 2.24) is 15.1 Å². The van der Waals surface area contributed by atoms with E-state index in [2.05, 4.69) is 10.4 Å². The van der Waals surface area contributed by atoms with Crippen LogP contribution in [0.25, 0.3) is 5.69 Å². The molecule has 1 atom stereocenters. The van der Waals surface area contributed by atoms with Gasteiger partial charge in [-0.05, 0) is 41.5 Å².